The first kappa shape index (κ1) is 17.4. The van der Waals surface area contributed by atoms with E-state index in [0.717, 1.165) is 37.0 Å². The van der Waals surface area contributed by atoms with Gasteiger partial charge in [0, 0.05) is 36.2 Å². The molecule has 25 heavy (non-hydrogen) atoms. The molecule has 0 amide bonds. The third kappa shape index (κ3) is 4.35. The van der Waals surface area contributed by atoms with Gasteiger partial charge in [-0.3, -0.25) is 0 Å². The number of aryl methyl sites for hydroxylation is 1. The van der Waals surface area contributed by atoms with Gasteiger partial charge in [0.1, 0.15) is 11.6 Å². The van der Waals surface area contributed by atoms with Crippen LogP contribution >= 0.6 is 0 Å². The smallest absolute Gasteiger partial charge is 0.124 e. The van der Waals surface area contributed by atoms with E-state index in [9.17, 15) is 5.11 Å². The Hall–Kier alpha value is -2.44. The maximum absolute atomic E-state index is 9.94. The van der Waals surface area contributed by atoms with E-state index in [2.05, 4.69) is 4.98 Å². The number of benzene rings is 1. The first-order chi connectivity index (χ1) is 12.1. The van der Waals surface area contributed by atoms with Crippen molar-refractivity contribution in [1.82, 2.24) is 4.98 Å². The van der Waals surface area contributed by atoms with Crippen LogP contribution in [0.5, 0.6) is 5.75 Å². The summed E-state index contributed by atoms with van der Waals surface area (Å²) in [6, 6.07) is 6.99. The molecule has 2 heterocycles. The molecule has 1 unspecified atom stereocenters. The molecule has 1 aromatic heterocycles. The zero-order valence-corrected chi connectivity index (χ0v) is 14.2. The van der Waals surface area contributed by atoms with Crippen molar-refractivity contribution in [2.75, 3.05) is 25.6 Å². The first-order valence-corrected chi connectivity index (χ1v) is 8.55. The number of phenols is 1. The summed E-state index contributed by atoms with van der Waals surface area (Å²) in [4.78, 5) is 3.05. The Morgan fingerprint density at radius 2 is 2.24 bits per heavy atom. The number of rotatable bonds is 7. The van der Waals surface area contributed by atoms with Crippen LogP contribution in [0.15, 0.2) is 30.5 Å². The van der Waals surface area contributed by atoms with Gasteiger partial charge in [0.25, 0.3) is 0 Å². The molecule has 6 nitrogen and oxygen atoms in total. The molecule has 0 bridgehead atoms. The van der Waals surface area contributed by atoms with Crippen LogP contribution in [-0.2, 0) is 15.9 Å². The Morgan fingerprint density at radius 3 is 3.00 bits per heavy atom. The van der Waals surface area contributed by atoms with Crippen LogP contribution in [-0.4, -0.2) is 36.0 Å². The van der Waals surface area contributed by atoms with Gasteiger partial charge in [-0.2, -0.15) is 0 Å². The van der Waals surface area contributed by atoms with Gasteiger partial charge in [0.05, 0.1) is 12.7 Å². The fourth-order valence-corrected chi connectivity index (χ4v) is 2.98. The topological polar surface area (TPSA) is 107 Å². The number of hydrogen-bond donors (Lipinski definition) is 4. The standard InChI is InChI=1S/C19H25N3O3/c20-17(15-5-1-2-6-18(15)23)10-16-13(11-22-19(16)21)4-3-8-25-14-7-9-24-12-14/h1-2,5-6,10-11,14,22-23H,3-4,7-9,12,20-21H2/b17-10-. The van der Waals surface area contributed by atoms with Crippen LogP contribution < -0.4 is 11.5 Å². The summed E-state index contributed by atoms with van der Waals surface area (Å²) in [6.07, 6.45) is 6.64. The molecule has 1 aliphatic rings. The van der Waals surface area contributed by atoms with Crippen LogP contribution in [0.25, 0.3) is 11.8 Å². The molecule has 134 valence electrons. The van der Waals surface area contributed by atoms with Gasteiger partial charge in [-0.25, -0.2) is 0 Å². The van der Waals surface area contributed by atoms with Crippen molar-refractivity contribution in [3.05, 3.63) is 47.2 Å². The van der Waals surface area contributed by atoms with Crippen LogP contribution in [0, 0.1) is 0 Å². The lowest BCUT2D eigenvalue weighted by Crippen LogP contribution is -2.13. The number of H-pyrrole nitrogens is 1. The number of anilines is 1. The molecule has 0 spiro atoms. The molecular formula is C19H25N3O3. The Morgan fingerprint density at radius 1 is 1.40 bits per heavy atom. The number of aromatic hydroxyl groups is 1. The van der Waals surface area contributed by atoms with Crippen molar-refractivity contribution in [3.8, 4) is 5.75 Å². The predicted molar refractivity (Wildman–Crippen MR) is 98.9 cm³/mol. The average Bonchev–Trinajstić information content (AvgIpc) is 3.23. The molecule has 6 N–H and O–H groups in total. The number of aromatic nitrogens is 1. The van der Waals surface area contributed by atoms with Crippen LogP contribution in [0.3, 0.4) is 0 Å². The SMILES string of the molecule is N/C(=C\c1c(CCCOC2CCOC2)c[nH]c1N)c1ccccc1O. The minimum absolute atomic E-state index is 0.152. The normalized spacial score (nSPS) is 17.9. The van der Waals surface area contributed by atoms with Crippen molar-refractivity contribution in [2.45, 2.75) is 25.4 Å². The van der Waals surface area contributed by atoms with E-state index >= 15 is 0 Å². The van der Waals surface area contributed by atoms with E-state index in [4.69, 9.17) is 20.9 Å². The maximum Gasteiger partial charge on any atom is 0.124 e. The monoisotopic (exact) mass is 343 g/mol. The summed E-state index contributed by atoms with van der Waals surface area (Å²) in [5.41, 5.74) is 15.2. The fraction of sp³-hybridized carbons (Fsp3) is 0.368. The highest BCUT2D eigenvalue weighted by Crippen LogP contribution is 2.26. The lowest BCUT2D eigenvalue weighted by atomic mass is 10.0. The molecule has 1 atom stereocenters. The summed E-state index contributed by atoms with van der Waals surface area (Å²) < 4.78 is 11.1. The highest BCUT2D eigenvalue weighted by Gasteiger charge is 2.16. The average molecular weight is 343 g/mol. The zero-order chi connectivity index (χ0) is 17.6. The second kappa shape index (κ2) is 8.09. The van der Waals surface area contributed by atoms with Crippen molar-refractivity contribution in [3.63, 3.8) is 0 Å². The van der Waals surface area contributed by atoms with Gasteiger partial charge in [-0.1, -0.05) is 12.1 Å². The molecule has 1 fully saturated rings. The van der Waals surface area contributed by atoms with E-state index < -0.39 is 0 Å². The number of aromatic amines is 1. The summed E-state index contributed by atoms with van der Waals surface area (Å²) >= 11 is 0. The number of ether oxygens (including phenoxy) is 2. The fourth-order valence-electron chi connectivity index (χ4n) is 2.98. The van der Waals surface area contributed by atoms with Gasteiger partial charge < -0.3 is 31.0 Å². The lowest BCUT2D eigenvalue weighted by molar-refractivity contribution is 0.0416. The Bertz CT molecular complexity index is 733. The van der Waals surface area contributed by atoms with Gasteiger partial charge >= 0.3 is 0 Å². The molecule has 0 radical (unpaired) electrons. The quantitative estimate of drug-likeness (QED) is 0.578. The molecule has 6 heteroatoms. The van der Waals surface area contributed by atoms with Gasteiger partial charge in [0.2, 0.25) is 0 Å². The van der Waals surface area contributed by atoms with Gasteiger partial charge in [0.15, 0.2) is 0 Å². The third-order valence-corrected chi connectivity index (χ3v) is 4.38. The highest BCUT2D eigenvalue weighted by atomic mass is 16.5. The molecular weight excluding hydrogens is 318 g/mol. The summed E-state index contributed by atoms with van der Waals surface area (Å²) in [6.45, 7) is 2.18. The molecule has 0 saturated carbocycles. The van der Waals surface area contributed by atoms with Crippen LogP contribution in [0.1, 0.15) is 29.5 Å². The van der Waals surface area contributed by atoms with Crippen LogP contribution in [0.2, 0.25) is 0 Å². The number of phenolic OH excluding ortho intramolecular Hbond substituents is 1. The molecule has 1 aromatic carbocycles. The first-order valence-electron chi connectivity index (χ1n) is 8.55. The van der Waals surface area contributed by atoms with E-state index in [0.29, 0.717) is 30.3 Å². The lowest BCUT2D eigenvalue weighted by Gasteiger charge is -2.09. The molecule has 3 rings (SSSR count). The summed E-state index contributed by atoms with van der Waals surface area (Å²) in [5, 5.41) is 9.94. The second-order valence-electron chi connectivity index (χ2n) is 6.22. The van der Waals surface area contributed by atoms with Crippen LogP contribution in [0.4, 0.5) is 5.82 Å². The van der Waals surface area contributed by atoms with E-state index in [1.807, 2.05) is 18.3 Å². The van der Waals surface area contributed by atoms with E-state index in [1.165, 1.54) is 0 Å². The Balaban J connectivity index is 1.64. The molecule has 2 aromatic rings. The predicted octanol–water partition coefficient (Wildman–Crippen LogP) is 2.50. The molecule has 1 aliphatic heterocycles. The largest absolute Gasteiger partial charge is 0.507 e. The summed E-state index contributed by atoms with van der Waals surface area (Å²) in [7, 11) is 0. The van der Waals surface area contributed by atoms with Crippen molar-refractivity contribution in [1.29, 1.82) is 0 Å². The molecule has 1 saturated heterocycles. The molecule has 0 aliphatic carbocycles. The number of nitrogen functional groups attached to an aromatic ring is 1. The zero-order valence-electron chi connectivity index (χ0n) is 14.2. The highest BCUT2D eigenvalue weighted by molar-refractivity contribution is 5.85. The van der Waals surface area contributed by atoms with Gasteiger partial charge in [-0.05, 0) is 43.0 Å². The van der Waals surface area contributed by atoms with Crippen molar-refractivity contribution >= 4 is 17.6 Å². The van der Waals surface area contributed by atoms with Crippen molar-refractivity contribution in [2.24, 2.45) is 5.73 Å². The number of nitrogens with two attached hydrogens (primary N) is 2. The number of hydrogen-bond acceptors (Lipinski definition) is 5. The Kier molecular flexibility index (Phi) is 5.63. The third-order valence-electron chi connectivity index (χ3n) is 4.38. The maximum atomic E-state index is 9.94. The van der Waals surface area contributed by atoms with E-state index in [1.54, 1.807) is 18.2 Å². The summed E-state index contributed by atoms with van der Waals surface area (Å²) in [5.74, 6) is 0.720. The minimum Gasteiger partial charge on any atom is -0.507 e. The second-order valence-corrected chi connectivity index (χ2v) is 6.22. The number of para-hydroxylation sites is 1. The van der Waals surface area contributed by atoms with Gasteiger partial charge in [-0.15, -0.1) is 0 Å². The van der Waals surface area contributed by atoms with E-state index in [-0.39, 0.29) is 11.9 Å². The Labute approximate surface area is 147 Å². The minimum atomic E-state index is 0.152. The number of nitrogens with one attached hydrogen (secondary N) is 1. The van der Waals surface area contributed by atoms with Crippen molar-refractivity contribution < 1.29 is 14.6 Å².